The summed E-state index contributed by atoms with van der Waals surface area (Å²) in [6, 6.07) is 9.85. The van der Waals surface area contributed by atoms with Crippen LogP contribution in [0.2, 0.25) is 0 Å². The minimum atomic E-state index is 0.111. The Labute approximate surface area is 138 Å². The highest BCUT2D eigenvalue weighted by atomic mass is 16.2. The van der Waals surface area contributed by atoms with E-state index in [1.807, 2.05) is 35.2 Å². The molecule has 2 fully saturated rings. The molecule has 124 valence electrons. The predicted octanol–water partition coefficient (Wildman–Crippen LogP) is 2.99. The van der Waals surface area contributed by atoms with Gasteiger partial charge in [0.2, 0.25) is 5.91 Å². The first-order valence-corrected chi connectivity index (χ1v) is 8.86. The molecule has 0 radical (unpaired) electrons. The zero-order chi connectivity index (χ0) is 16.1. The number of benzene rings is 1. The van der Waals surface area contributed by atoms with E-state index in [-0.39, 0.29) is 11.8 Å². The maximum Gasteiger partial charge on any atom is 0.253 e. The summed E-state index contributed by atoms with van der Waals surface area (Å²) in [5.41, 5.74) is 0.755. The largest absolute Gasteiger partial charge is 0.353 e. The zero-order valence-corrected chi connectivity index (χ0v) is 13.7. The van der Waals surface area contributed by atoms with E-state index in [0.717, 1.165) is 44.3 Å². The molecule has 0 unspecified atom stereocenters. The van der Waals surface area contributed by atoms with Crippen molar-refractivity contribution < 1.29 is 9.59 Å². The number of carbonyl (C=O) groups excluding carboxylic acids is 2. The van der Waals surface area contributed by atoms with Crippen molar-refractivity contribution in [3.8, 4) is 0 Å². The van der Waals surface area contributed by atoms with Crippen LogP contribution in [0.25, 0.3) is 0 Å². The third-order valence-corrected chi connectivity index (χ3v) is 5.12. The normalized spacial score (nSPS) is 19.7. The lowest BCUT2D eigenvalue weighted by atomic mass is 9.92. The molecular weight excluding hydrogens is 288 g/mol. The maximum absolute atomic E-state index is 12.4. The smallest absolute Gasteiger partial charge is 0.253 e. The topological polar surface area (TPSA) is 49.4 Å². The van der Waals surface area contributed by atoms with Gasteiger partial charge in [-0.3, -0.25) is 9.59 Å². The van der Waals surface area contributed by atoms with Gasteiger partial charge in [-0.05, 0) is 43.7 Å². The Morgan fingerprint density at radius 3 is 2.30 bits per heavy atom. The van der Waals surface area contributed by atoms with Crippen LogP contribution in [0.5, 0.6) is 0 Å². The molecule has 1 N–H and O–H groups in total. The van der Waals surface area contributed by atoms with E-state index >= 15 is 0 Å². The van der Waals surface area contributed by atoms with Crippen LogP contribution in [-0.4, -0.2) is 35.8 Å². The van der Waals surface area contributed by atoms with Gasteiger partial charge >= 0.3 is 0 Å². The summed E-state index contributed by atoms with van der Waals surface area (Å²) in [5.74, 6) is 0.723. The van der Waals surface area contributed by atoms with Crippen molar-refractivity contribution in [1.82, 2.24) is 10.2 Å². The zero-order valence-electron chi connectivity index (χ0n) is 13.7. The van der Waals surface area contributed by atoms with E-state index in [4.69, 9.17) is 0 Å². The molecule has 2 amide bonds. The molecule has 2 aliphatic rings. The fourth-order valence-electron chi connectivity index (χ4n) is 3.72. The Hall–Kier alpha value is -1.84. The molecule has 1 aromatic carbocycles. The van der Waals surface area contributed by atoms with E-state index in [2.05, 4.69) is 5.32 Å². The molecule has 1 aromatic rings. The standard InChI is InChI=1S/C19H26N2O2/c22-18(20-17-8-4-5-9-17)14-15-10-12-21(13-11-15)19(23)16-6-2-1-3-7-16/h1-3,6-7,15,17H,4-5,8-14H2,(H,20,22). The lowest BCUT2D eigenvalue weighted by Crippen LogP contribution is -2.40. The molecule has 4 nitrogen and oxygen atoms in total. The second kappa shape index (κ2) is 7.62. The Morgan fingerprint density at radius 2 is 1.65 bits per heavy atom. The molecule has 1 heterocycles. The summed E-state index contributed by atoms with van der Waals surface area (Å²) in [4.78, 5) is 26.4. The molecule has 0 atom stereocenters. The summed E-state index contributed by atoms with van der Waals surface area (Å²) in [6.07, 6.45) is 7.22. The van der Waals surface area contributed by atoms with Crippen LogP contribution in [0.4, 0.5) is 0 Å². The van der Waals surface area contributed by atoms with Crippen LogP contribution in [0.15, 0.2) is 30.3 Å². The molecule has 0 bridgehead atoms. The second-order valence-electron chi connectivity index (χ2n) is 6.85. The van der Waals surface area contributed by atoms with Crippen molar-refractivity contribution in [2.45, 2.75) is 51.0 Å². The van der Waals surface area contributed by atoms with E-state index < -0.39 is 0 Å². The highest BCUT2D eigenvalue weighted by Crippen LogP contribution is 2.23. The van der Waals surface area contributed by atoms with Crippen molar-refractivity contribution in [3.05, 3.63) is 35.9 Å². The fraction of sp³-hybridized carbons (Fsp3) is 0.579. The first kappa shape index (κ1) is 16.0. The van der Waals surface area contributed by atoms with Crippen LogP contribution in [0, 0.1) is 5.92 Å². The molecule has 1 saturated carbocycles. The first-order valence-electron chi connectivity index (χ1n) is 8.86. The van der Waals surface area contributed by atoms with Gasteiger partial charge in [0.15, 0.2) is 0 Å². The number of nitrogens with one attached hydrogen (secondary N) is 1. The number of hydrogen-bond acceptors (Lipinski definition) is 2. The summed E-state index contributed by atoms with van der Waals surface area (Å²) in [5, 5.41) is 3.17. The third-order valence-electron chi connectivity index (χ3n) is 5.12. The van der Waals surface area contributed by atoms with Gasteiger partial charge in [-0.15, -0.1) is 0 Å². The highest BCUT2D eigenvalue weighted by molar-refractivity contribution is 5.94. The number of amides is 2. The number of hydrogen-bond donors (Lipinski definition) is 1. The SMILES string of the molecule is O=C(CC1CCN(C(=O)c2ccccc2)CC1)NC1CCCC1. The van der Waals surface area contributed by atoms with Gasteiger partial charge < -0.3 is 10.2 Å². The van der Waals surface area contributed by atoms with Crippen molar-refractivity contribution >= 4 is 11.8 Å². The van der Waals surface area contributed by atoms with Crippen molar-refractivity contribution in [2.24, 2.45) is 5.92 Å². The van der Waals surface area contributed by atoms with Crippen LogP contribution < -0.4 is 5.32 Å². The van der Waals surface area contributed by atoms with E-state index in [0.29, 0.717) is 18.4 Å². The number of rotatable bonds is 4. The van der Waals surface area contributed by atoms with Crippen molar-refractivity contribution in [1.29, 1.82) is 0 Å². The van der Waals surface area contributed by atoms with Gasteiger partial charge in [0, 0.05) is 31.1 Å². The van der Waals surface area contributed by atoms with E-state index in [1.165, 1.54) is 12.8 Å². The molecule has 3 rings (SSSR count). The minimum absolute atomic E-state index is 0.111. The van der Waals surface area contributed by atoms with Crippen LogP contribution in [0.1, 0.15) is 55.3 Å². The fourth-order valence-corrected chi connectivity index (χ4v) is 3.72. The molecule has 0 aromatic heterocycles. The van der Waals surface area contributed by atoms with Gasteiger partial charge in [-0.25, -0.2) is 0 Å². The predicted molar refractivity (Wildman–Crippen MR) is 90.1 cm³/mol. The van der Waals surface area contributed by atoms with Crippen LogP contribution >= 0.6 is 0 Å². The highest BCUT2D eigenvalue weighted by Gasteiger charge is 2.26. The van der Waals surface area contributed by atoms with E-state index in [1.54, 1.807) is 0 Å². The number of piperidine rings is 1. The number of nitrogens with zero attached hydrogens (tertiary/aromatic N) is 1. The monoisotopic (exact) mass is 314 g/mol. The Morgan fingerprint density at radius 1 is 1.00 bits per heavy atom. The number of likely N-dealkylation sites (tertiary alicyclic amines) is 1. The summed E-state index contributed by atoms with van der Waals surface area (Å²) < 4.78 is 0. The van der Waals surface area contributed by atoms with Crippen LogP contribution in [0.3, 0.4) is 0 Å². The molecule has 1 aliphatic carbocycles. The molecule has 0 spiro atoms. The lowest BCUT2D eigenvalue weighted by molar-refractivity contribution is -0.123. The van der Waals surface area contributed by atoms with Crippen LogP contribution in [-0.2, 0) is 4.79 Å². The Balaban J connectivity index is 1.43. The molecule has 1 aliphatic heterocycles. The summed E-state index contributed by atoms with van der Waals surface area (Å²) in [6.45, 7) is 1.52. The van der Waals surface area contributed by atoms with Gasteiger partial charge in [-0.1, -0.05) is 31.0 Å². The second-order valence-corrected chi connectivity index (χ2v) is 6.85. The average Bonchev–Trinajstić information content (AvgIpc) is 3.08. The summed E-state index contributed by atoms with van der Waals surface area (Å²) in [7, 11) is 0. The quantitative estimate of drug-likeness (QED) is 0.929. The summed E-state index contributed by atoms with van der Waals surface area (Å²) >= 11 is 0. The Kier molecular flexibility index (Phi) is 5.31. The first-order chi connectivity index (χ1) is 11.2. The van der Waals surface area contributed by atoms with Crippen molar-refractivity contribution in [2.75, 3.05) is 13.1 Å². The molecular formula is C19H26N2O2. The van der Waals surface area contributed by atoms with E-state index in [9.17, 15) is 9.59 Å². The van der Waals surface area contributed by atoms with Gasteiger partial charge in [-0.2, -0.15) is 0 Å². The third kappa shape index (κ3) is 4.34. The average molecular weight is 314 g/mol. The molecule has 1 saturated heterocycles. The molecule has 4 heteroatoms. The Bertz CT molecular complexity index is 530. The van der Waals surface area contributed by atoms with Gasteiger partial charge in [0.05, 0.1) is 0 Å². The number of carbonyl (C=O) groups is 2. The minimum Gasteiger partial charge on any atom is -0.353 e. The maximum atomic E-state index is 12.4. The van der Waals surface area contributed by atoms with Gasteiger partial charge in [0.1, 0.15) is 0 Å². The lowest BCUT2D eigenvalue weighted by Gasteiger charge is -2.32. The molecule has 23 heavy (non-hydrogen) atoms. The van der Waals surface area contributed by atoms with Crippen molar-refractivity contribution in [3.63, 3.8) is 0 Å². The van der Waals surface area contributed by atoms with Gasteiger partial charge in [0.25, 0.3) is 5.91 Å².